The molecule has 1 unspecified atom stereocenters. The van der Waals surface area contributed by atoms with E-state index in [1.807, 2.05) is 6.92 Å². The lowest BCUT2D eigenvalue weighted by atomic mass is 10.1. The number of nitrogens with zero attached hydrogens (tertiary/aromatic N) is 1. The average molecular weight is 251 g/mol. The van der Waals surface area contributed by atoms with Gasteiger partial charge in [0.2, 0.25) is 0 Å². The standard InChI is InChI=1S/C13H21N3S/c1-8(14)13-16-11(7-17-13)6-15-12(9-2-3-9)10-4-5-10/h7-10,12,15H,2-6,14H2,1H3. The third kappa shape index (κ3) is 2.87. The van der Waals surface area contributed by atoms with E-state index in [9.17, 15) is 0 Å². The summed E-state index contributed by atoms with van der Waals surface area (Å²) in [4.78, 5) is 4.57. The largest absolute Gasteiger partial charge is 0.322 e. The van der Waals surface area contributed by atoms with E-state index in [0.29, 0.717) is 0 Å². The highest BCUT2D eigenvalue weighted by Gasteiger charge is 2.40. The molecule has 2 fully saturated rings. The third-order valence-electron chi connectivity index (χ3n) is 3.74. The van der Waals surface area contributed by atoms with Gasteiger partial charge >= 0.3 is 0 Å². The number of nitrogens with one attached hydrogen (secondary N) is 1. The summed E-state index contributed by atoms with van der Waals surface area (Å²) in [6.07, 6.45) is 5.71. The second-order valence-electron chi connectivity index (χ2n) is 5.55. The Hall–Kier alpha value is -0.450. The van der Waals surface area contributed by atoms with Crippen LogP contribution >= 0.6 is 11.3 Å². The van der Waals surface area contributed by atoms with Gasteiger partial charge in [0.1, 0.15) is 5.01 Å². The van der Waals surface area contributed by atoms with Crippen LogP contribution in [-0.2, 0) is 6.54 Å². The van der Waals surface area contributed by atoms with Gasteiger partial charge in [0.15, 0.2) is 0 Å². The average Bonchev–Trinajstić information content (AvgIpc) is 3.20. The minimum absolute atomic E-state index is 0.0661. The smallest absolute Gasteiger partial charge is 0.109 e. The van der Waals surface area contributed by atoms with Gasteiger partial charge in [-0.2, -0.15) is 0 Å². The van der Waals surface area contributed by atoms with Crippen molar-refractivity contribution >= 4 is 11.3 Å². The number of nitrogens with two attached hydrogens (primary N) is 1. The molecule has 3 rings (SSSR count). The molecule has 4 heteroatoms. The van der Waals surface area contributed by atoms with Crippen molar-refractivity contribution in [3.05, 3.63) is 16.1 Å². The molecule has 2 aliphatic carbocycles. The predicted octanol–water partition coefficient (Wildman–Crippen LogP) is 2.44. The summed E-state index contributed by atoms with van der Waals surface area (Å²) in [6.45, 7) is 2.91. The molecule has 1 heterocycles. The van der Waals surface area contributed by atoms with E-state index in [0.717, 1.165) is 35.1 Å². The highest BCUT2D eigenvalue weighted by atomic mass is 32.1. The van der Waals surface area contributed by atoms with Crippen LogP contribution < -0.4 is 11.1 Å². The molecular formula is C13H21N3S. The van der Waals surface area contributed by atoms with Crippen LogP contribution in [0.15, 0.2) is 5.38 Å². The number of aromatic nitrogens is 1. The normalized spacial score (nSPS) is 22.1. The van der Waals surface area contributed by atoms with Gasteiger partial charge in [-0.1, -0.05) is 0 Å². The Morgan fingerprint density at radius 1 is 1.41 bits per heavy atom. The van der Waals surface area contributed by atoms with Gasteiger partial charge in [0, 0.05) is 18.0 Å². The van der Waals surface area contributed by atoms with E-state index >= 15 is 0 Å². The van der Waals surface area contributed by atoms with Gasteiger partial charge in [-0.15, -0.1) is 11.3 Å². The van der Waals surface area contributed by atoms with Crippen LogP contribution in [0, 0.1) is 11.8 Å². The third-order valence-corrected chi connectivity index (χ3v) is 4.83. The maximum atomic E-state index is 5.83. The molecule has 0 saturated heterocycles. The fourth-order valence-corrected chi connectivity index (χ4v) is 3.24. The number of rotatable bonds is 6. The molecule has 0 bridgehead atoms. The first-order valence-corrected chi connectivity index (χ1v) is 7.55. The van der Waals surface area contributed by atoms with E-state index in [1.165, 1.54) is 25.7 Å². The van der Waals surface area contributed by atoms with Crippen LogP contribution in [0.25, 0.3) is 0 Å². The van der Waals surface area contributed by atoms with Gasteiger partial charge < -0.3 is 11.1 Å². The molecule has 2 saturated carbocycles. The van der Waals surface area contributed by atoms with Crippen LogP contribution in [0.2, 0.25) is 0 Å². The van der Waals surface area contributed by atoms with Crippen LogP contribution in [0.5, 0.6) is 0 Å². The number of hydrogen-bond donors (Lipinski definition) is 2. The Morgan fingerprint density at radius 2 is 2.06 bits per heavy atom. The molecule has 0 aromatic carbocycles. The zero-order chi connectivity index (χ0) is 11.8. The maximum absolute atomic E-state index is 5.83. The van der Waals surface area contributed by atoms with Gasteiger partial charge in [0.05, 0.1) is 11.7 Å². The second-order valence-corrected chi connectivity index (χ2v) is 6.44. The lowest BCUT2D eigenvalue weighted by Crippen LogP contribution is -2.32. The van der Waals surface area contributed by atoms with Gasteiger partial charge in [-0.3, -0.25) is 0 Å². The Morgan fingerprint density at radius 3 is 2.53 bits per heavy atom. The molecule has 1 aromatic rings. The summed E-state index contributed by atoms with van der Waals surface area (Å²) in [5.74, 6) is 1.91. The van der Waals surface area contributed by atoms with Crippen LogP contribution in [0.1, 0.15) is 49.4 Å². The summed E-state index contributed by atoms with van der Waals surface area (Å²) in [5, 5.41) is 6.91. The fraction of sp³-hybridized carbons (Fsp3) is 0.769. The minimum atomic E-state index is 0.0661. The van der Waals surface area contributed by atoms with Crippen molar-refractivity contribution in [2.75, 3.05) is 0 Å². The summed E-state index contributed by atoms with van der Waals surface area (Å²) in [6, 6.07) is 0.826. The van der Waals surface area contributed by atoms with Gasteiger partial charge in [0.25, 0.3) is 0 Å². The molecule has 3 N–H and O–H groups in total. The molecule has 0 radical (unpaired) electrons. The molecule has 94 valence electrons. The zero-order valence-corrected chi connectivity index (χ0v) is 11.2. The van der Waals surface area contributed by atoms with Crippen LogP contribution in [-0.4, -0.2) is 11.0 Å². The molecule has 3 nitrogen and oxygen atoms in total. The molecule has 17 heavy (non-hydrogen) atoms. The highest BCUT2D eigenvalue weighted by Crippen LogP contribution is 2.44. The predicted molar refractivity (Wildman–Crippen MR) is 70.8 cm³/mol. The summed E-state index contributed by atoms with van der Waals surface area (Å²) in [5.41, 5.74) is 6.99. The molecule has 0 amide bonds. The lowest BCUT2D eigenvalue weighted by molar-refractivity contribution is 0.413. The van der Waals surface area contributed by atoms with E-state index in [4.69, 9.17) is 5.73 Å². The quantitative estimate of drug-likeness (QED) is 0.816. The SMILES string of the molecule is CC(N)c1nc(CNC(C2CC2)C2CC2)cs1. The van der Waals surface area contributed by atoms with E-state index in [2.05, 4.69) is 15.7 Å². The van der Waals surface area contributed by atoms with Gasteiger partial charge in [-0.05, 0) is 44.4 Å². The Balaban J connectivity index is 1.54. The first-order chi connectivity index (χ1) is 8.24. The zero-order valence-electron chi connectivity index (χ0n) is 10.4. The molecule has 0 spiro atoms. The van der Waals surface area contributed by atoms with Crippen molar-refractivity contribution in [3.8, 4) is 0 Å². The van der Waals surface area contributed by atoms with E-state index in [-0.39, 0.29) is 6.04 Å². The number of hydrogen-bond acceptors (Lipinski definition) is 4. The number of thiazole rings is 1. The van der Waals surface area contributed by atoms with Crippen molar-refractivity contribution in [3.63, 3.8) is 0 Å². The van der Waals surface area contributed by atoms with Gasteiger partial charge in [-0.25, -0.2) is 4.98 Å². The van der Waals surface area contributed by atoms with Crippen molar-refractivity contribution in [2.45, 2.75) is 51.2 Å². The topological polar surface area (TPSA) is 50.9 Å². The second kappa shape index (κ2) is 4.67. The van der Waals surface area contributed by atoms with E-state index in [1.54, 1.807) is 11.3 Å². The first-order valence-electron chi connectivity index (χ1n) is 6.67. The van der Waals surface area contributed by atoms with Crippen molar-refractivity contribution in [1.29, 1.82) is 0 Å². The van der Waals surface area contributed by atoms with Crippen LogP contribution in [0.3, 0.4) is 0 Å². The maximum Gasteiger partial charge on any atom is 0.109 e. The molecule has 2 aliphatic rings. The summed E-state index contributed by atoms with van der Waals surface area (Å²) < 4.78 is 0. The molecule has 1 aromatic heterocycles. The van der Waals surface area contributed by atoms with Crippen molar-refractivity contribution in [2.24, 2.45) is 17.6 Å². The lowest BCUT2D eigenvalue weighted by Gasteiger charge is -2.16. The molecule has 1 atom stereocenters. The highest BCUT2D eigenvalue weighted by molar-refractivity contribution is 7.09. The fourth-order valence-electron chi connectivity index (χ4n) is 2.46. The molecular weight excluding hydrogens is 230 g/mol. The first kappa shape index (κ1) is 11.6. The van der Waals surface area contributed by atoms with E-state index < -0.39 is 0 Å². The Labute approximate surface area is 107 Å². The molecule has 0 aliphatic heterocycles. The Kier molecular flexibility index (Phi) is 3.19. The minimum Gasteiger partial charge on any atom is -0.322 e. The van der Waals surface area contributed by atoms with Crippen molar-refractivity contribution in [1.82, 2.24) is 10.3 Å². The summed E-state index contributed by atoms with van der Waals surface area (Å²) >= 11 is 1.68. The van der Waals surface area contributed by atoms with Crippen molar-refractivity contribution < 1.29 is 0 Å². The van der Waals surface area contributed by atoms with Crippen LogP contribution in [0.4, 0.5) is 0 Å². The summed E-state index contributed by atoms with van der Waals surface area (Å²) in [7, 11) is 0. The monoisotopic (exact) mass is 251 g/mol. The Bertz CT molecular complexity index is 368.